The Morgan fingerprint density at radius 3 is 2.45 bits per heavy atom. The number of benzene rings is 1. The molecule has 102 valence electrons. The van der Waals surface area contributed by atoms with Crippen LogP contribution in [0.4, 0.5) is 0 Å². The maximum absolute atomic E-state index is 12.0. The maximum atomic E-state index is 12.0. The molecule has 4 nitrogen and oxygen atoms in total. The zero-order chi connectivity index (χ0) is 14.4. The molecule has 0 saturated heterocycles. The van der Waals surface area contributed by atoms with Crippen LogP contribution in [0, 0.1) is 11.8 Å². The number of imide groups is 1. The van der Waals surface area contributed by atoms with Crippen LogP contribution in [0.3, 0.4) is 0 Å². The van der Waals surface area contributed by atoms with Crippen molar-refractivity contribution in [3.8, 4) is 11.8 Å². The summed E-state index contributed by atoms with van der Waals surface area (Å²) in [5.74, 6) is 6.18. The van der Waals surface area contributed by atoms with Gasteiger partial charge in [0.1, 0.15) is 0 Å². The molecule has 0 spiro atoms. The highest BCUT2D eigenvalue weighted by molar-refractivity contribution is 8.12. The molecule has 0 atom stereocenters. The molecule has 0 fully saturated rings. The van der Waals surface area contributed by atoms with Crippen molar-refractivity contribution in [3.05, 3.63) is 35.4 Å². The van der Waals surface area contributed by atoms with Crippen molar-refractivity contribution in [1.82, 2.24) is 4.90 Å². The number of amides is 2. The average molecular weight is 286 g/mol. The first-order valence-electron chi connectivity index (χ1n) is 6.19. The first kappa shape index (κ1) is 14.4. The standard InChI is InChI=1S/C15H14N2O2S/c1-16-11-20-10-6-2-5-9-17-14(18)12-7-3-4-8-13(12)15(17)19/h3-4,7-8,11H,6,9-10H2,1H3/b16-11-. The van der Waals surface area contributed by atoms with E-state index in [4.69, 9.17) is 0 Å². The van der Waals surface area contributed by atoms with Crippen molar-refractivity contribution < 1.29 is 9.59 Å². The SMILES string of the molecule is C/N=C\SCCC#CCN1C(=O)c2ccccc2C1=O. The van der Waals surface area contributed by atoms with Crippen molar-refractivity contribution >= 4 is 29.1 Å². The molecule has 1 heterocycles. The third-order valence-corrected chi connectivity index (χ3v) is 3.56. The van der Waals surface area contributed by atoms with E-state index in [2.05, 4.69) is 16.8 Å². The minimum Gasteiger partial charge on any atom is -0.290 e. The molecule has 1 aromatic rings. The van der Waals surface area contributed by atoms with E-state index in [1.807, 2.05) is 0 Å². The topological polar surface area (TPSA) is 49.7 Å². The first-order valence-corrected chi connectivity index (χ1v) is 7.23. The summed E-state index contributed by atoms with van der Waals surface area (Å²) in [6, 6.07) is 6.85. The van der Waals surface area contributed by atoms with Gasteiger partial charge >= 0.3 is 0 Å². The van der Waals surface area contributed by atoms with E-state index in [0.717, 1.165) is 5.75 Å². The Hall–Kier alpha value is -2.06. The van der Waals surface area contributed by atoms with Gasteiger partial charge < -0.3 is 0 Å². The molecule has 0 bridgehead atoms. The summed E-state index contributed by atoms with van der Waals surface area (Å²) in [7, 11) is 1.72. The summed E-state index contributed by atoms with van der Waals surface area (Å²) < 4.78 is 0. The van der Waals surface area contributed by atoms with Gasteiger partial charge in [-0.15, -0.1) is 17.7 Å². The molecular formula is C15H14N2O2S. The minimum absolute atomic E-state index is 0.152. The highest BCUT2D eigenvalue weighted by Gasteiger charge is 2.34. The number of nitrogens with zero attached hydrogens (tertiary/aromatic N) is 2. The molecule has 2 amide bonds. The van der Waals surface area contributed by atoms with Crippen molar-refractivity contribution in [3.63, 3.8) is 0 Å². The lowest BCUT2D eigenvalue weighted by atomic mass is 10.1. The van der Waals surface area contributed by atoms with Gasteiger partial charge in [0, 0.05) is 19.2 Å². The van der Waals surface area contributed by atoms with E-state index in [0.29, 0.717) is 17.5 Å². The maximum Gasteiger partial charge on any atom is 0.262 e. The van der Waals surface area contributed by atoms with Crippen LogP contribution in [0.5, 0.6) is 0 Å². The molecule has 0 aromatic heterocycles. The molecule has 0 radical (unpaired) electrons. The van der Waals surface area contributed by atoms with E-state index >= 15 is 0 Å². The summed E-state index contributed by atoms with van der Waals surface area (Å²) in [4.78, 5) is 29.1. The Morgan fingerprint density at radius 2 is 1.85 bits per heavy atom. The quantitative estimate of drug-likeness (QED) is 0.280. The van der Waals surface area contributed by atoms with Gasteiger partial charge in [-0.1, -0.05) is 18.1 Å². The molecule has 0 N–H and O–H groups in total. The summed E-state index contributed by atoms with van der Waals surface area (Å²) in [6.07, 6.45) is 0.708. The second-order valence-corrected chi connectivity index (χ2v) is 5.03. The van der Waals surface area contributed by atoms with Crippen LogP contribution in [-0.4, -0.2) is 41.6 Å². The monoisotopic (exact) mass is 286 g/mol. The summed E-state index contributed by atoms with van der Waals surface area (Å²) in [5, 5.41) is 0. The van der Waals surface area contributed by atoms with E-state index in [1.165, 1.54) is 4.90 Å². The second kappa shape index (κ2) is 6.92. The van der Waals surface area contributed by atoms with E-state index in [9.17, 15) is 9.59 Å². The van der Waals surface area contributed by atoms with Crippen LogP contribution in [0.15, 0.2) is 29.3 Å². The van der Waals surface area contributed by atoms with Crippen molar-refractivity contribution in [2.24, 2.45) is 4.99 Å². The van der Waals surface area contributed by atoms with Crippen LogP contribution in [0.25, 0.3) is 0 Å². The molecule has 1 aliphatic rings. The van der Waals surface area contributed by atoms with Gasteiger partial charge in [-0.2, -0.15) is 0 Å². The third-order valence-electron chi connectivity index (χ3n) is 2.77. The zero-order valence-electron chi connectivity index (χ0n) is 11.1. The predicted octanol–water partition coefficient (Wildman–Crippen LogP) is 2.07. The van der Waals surface area contributed by atoms with Gasteiger partial charge in [-0.3, -0.25) is 19.5 Å². The molecule has 0 aliphatic carbocycles. The van der Waals surface area contributed by atoms with Crippen LogP contribution >= 0.6 is 11.8 Å². The number of hydrogen-bond acceptors (Lipinski definition) is 4. The van der Waals surface area contributed by atoms with E-state index in [-0.39, 0.29) is 18.4 Å². The largest absolute Gasteiger partial charge is 0.290 e. The van der Waals surface area contributed by atoms with E-state index in [1.54, 1.807) is 48.6 Å². The lowest BCUT2D eigenvalue weighted by Gasteiger charge is -2.08. The highest BCUT2D eigenvalue weighted by atomic mass is 32.2. The van der Waals surface area contributed by atoms with E-state index < -0.39 is 0 Å². The summed E-state index contributed by atoms with van der Waals surface area (Å²) >= 11 is 1.59. The molecule has 2 rings (SSSR count). The van der Waals surface area contributed by atoms with Crippen molar-refractivity contribution in [2.75, 3.05) is 19.3 Å². The van der Waals surface area contributed by atoms with Gasteiger partial charge in [0.25, 0.3) is 11.8 Å². The number of rotatable bonds is 4. The lowest BCUT2D eigenvalue weighted by molar-refractivity contribution is 0.0675. The van der Waals surface area contributed by atoms with Gasteiger partial charge in [0.05, 0.1) is 23.2 Å². The van der Waals surface area contributed by atoms with Crippen LogP contribution < -0.4 is 0 Å². The van der Waals surface area contributed by atoms with Gasteiger partial charge in [0.2, 0.25) is 0 Å². The molecular weight excluding hydrogens is 272 g/mol. The minimum atomic E-state index is -0.257. The Labute approximate surface area is 122 Å². The number of aliphatic imine (C=N–C) groups is 1. The molecule has 1 aliphatic heterocycles. The summed E-state index contributed by atoms with van der Waals surface area (Å²) in [5.41, 5.74) is 2.70. The Morgan fingerprint density at radius 1 is 1.20 bits per heavy atom. The van der Waals surface area contributed by atoms with Gasteiger partial charge in [-0.25, -0.2) is 0 Å². The smallest absolute Gasteiger partial charge is 0.262 e. The Balaban J connectivity index is 1.91. The van der Waals surface area contributed by atoms with Crippen LogP contribution in [0.2, 0.25) is 0 Å². The Kier molecular flexibility index (Phi) is 4.97. The zero-order valence-corrected chi connectivity index (χ0v) is 11.9. The first-order chi connectivity index (χ1) is 9.75. The second-order valence-electron chi connectivity index (χ2n) is 4.08. The average Bonchev–Trinajstić information content (AvgIpc) is 2.71. The van der Waals surface area contributed by atoms with Crippen LogP contribution in [0.1, 0.15) is 27.1 Å². The predicted molar refractivity (Wildman–Crippen MR) is 81.1 cm³/mol. The fourth-order valence-corrected chi connectivity index (χ4v) is 2.32. The number of fused-ring (bicyclic) bond motifs is 1. The number of carbonyl (C=O) groups excluding carboxylic acids is 2. The third kappa shape index (κ3) is 3.09. The molecule has 0 unspecified atom stereocenters. The fraction of sp³-hybridized carbons (Fsp3) is 0.267. The molecule has 20 heavy (non-hydrogen) atoms. The Bertz CT molecular complexity index is 579. The highest BCUT2D eigenvalue weighted by Crippen LogP contribution is 2.21. The number of hydrogen-bond donors (Lipinski definition) is 0. The molecule has 5 heteroatoms. The summed E-state index contributed by atoms with van der Waals surface area (Å²) in [6.45, 7) is 0.152. The number of carbonyl (C=O) groups is 2. The molecule has 0 saturated carbocycles. The lowest BCUT2D eigenvalue weighted by Crippen LogP contribution is -2.29. The number of thioether (sulfide) groups is 1. The normalized spacial score (nSPS) is 13.6. The van der Waals surface area contributed by atoms with Crippen molar-refractivity contribution in [2.45, 2.75) is 6.42 Å². The molecule has 1 aromatic carbocycles. The van der Waals surface area contributed by atoms with Crippen LogP contribution in [-0.2, 0) is 0 Å². The van der Waals surface area contributed by atoms with Crippen molar-refractivity contribution in [1.29, 1.82) is 0 Å². The van der Waals surface area contributed by atoms with Gasteiger partial charge in [0.15, 0.2) is 0 Å². The van der Waals surface area contributed by atoms with Gasteiger partial charge in [-0.05, 0) is 12.1 Å². The fourth-order valence-electron chi connectivity index (χ4n) is 1.84.